The molecule has 0 saturated carbocycles. The molecule has 2 saturated heterocycles. The molecule has 0 spiro atoms. The van der Waals surface area contributed by atoms with Gasteiger partial charge in [0.2, 0.25) is 5.91 Å². The van der Waals surface area contributed by atoms with Crippen molar-refractivity contribution < 1.29 is 9.53 Å². The second-order valence-electron chi connectivity index (χ2n) is 6.64. The largest absolute Gasteiger partial charge is 0.374 e. The first-order valence-electron chi connectivity index (χ1n) is 8.65. The van der Waals surface area contributed by atoms with Crippen molar-refractivity contribution in [1.29, 1.82) is 0 Å². The van der Waals surface area contributed by atoms with Gasteiger partial charge in [0.25, 0.3) is 0 Å². The van der Waals surface area contributed by atoms with Crippen LogP contribution in [0, 0.1) is 6.92 Å². The molecule has 2 aliphatic heterocycles. The normalized spacial score (nSPS) is 24.4. The number of hydrogen-bond donors (Lipinski definition) is 0. The molecule has 0 N–H and O–H groups in total. The van der Waals surface area contributed by atoms with E-state index in [2.05, 4.69) is 27.2 Å². The van der Waals surface area contributed by atoms with Crippen LogP contribution in [0.2, 0.25) is 0 Å². The second-order valence-corrected chi connectivity index (χ2v) is 7.91. The monoisotopic (exact) mass is 358 g/mol. The fourth-order valence-electron chi connectivity index (χ4n) is 3.63. The van der Waals surface area contributed by atoms with Gasteiger partial charge in [-0.15, -0.1) is 21.5 Å². The van der Waals surface area contributed by atoms with Gasteiger partial charge in [-0.05, 0) is 12.5 Å². The van der Waals surface area contributed by atoms with Crippen molar-refractivity contribution in [3.05, 3.63) is 45.9 Å². The van der Waals surface area contributed by atoms with Crippen molar-refractivity contribution in [3.8, 4) is 0 Å². The molecule has 2 fully saturated rings. The number of amides is 1. The van der Waals surface area contributed by atoms with Gasteiger partial charge < -0.3 is 9.64 Å². The average Bonchev–Trinajstić information content (AvgIpc) is 3.16. The van der Waals surface area contributed by atoms with E-state index in [-0.39, 0.29) is 18.1 Å². The first-order valence-corrected chi connectivity index (χ1v) is 9.47. The van der Waals surface area contributed by atoms with Crippen molar-refractivity contribution in [2.45, 2.75) is 38.6 Å². The highest BCUT2D eigenvalue weighted by molar-refractivity contribution is 7.11. The van der Waals surface area contributed by atoms with Gasteiger partial charge in [0, 0.05) is 19.6 Å². The van der Waals surface area contributed by atoms with Crippen molar-refractivity contribution in [3.63, 3.8) is 0 Å². The summed E-state index contributed by atoms with van der Waals surface area (Å²) in [6.07, 6.45) is 0.541. The summed E-state index contributed by atoms with van der Waals surface area (Å²) in [6, 6.07) is 10.3. The molecule has 6 nitrogen and oxygen atoms in total. The minimum absolute atomic E-state index is 0.0733. The van der Waals surface area contributed by atoms with E-state index < -0.39 is 0 Å². The molecule has 0 aliphatic carbocycles. The van der Waals surface area contributed by atoms with Gasteiger partial charge in [-0.25, -0.2) is 0 Å². The summed E-state index contributed by atoms with van der Waals surface area (Å²) in [5.74, 6) is 0.185. The molecule has 2 aromatic rings. The van der Waals surface area contributed by atoms with Gasteiger partial charge in [0.05, 0.1) is 31.7 Å². The summed E-state index contributed by atoms with van der Waals surface area (Å²) in [5, 5.41) is 10.3. The maximum atomic E-state index is 12.6. The molecule has 3 heterocycles. The van der Waals surface area contributed by atoms with Crippen LogP contribution in [0.15, 0.2) is 30.3 Å². The van der Waals surface area contributed by atoms with E-state index in [1.165, 1.54) is 0 Å². The molecule has 0 unspecified atom stereocenters. The molecule has 1 amide bonds. The van der Waals surface area contributed by atoms with Gasteiger partial charge in [-0.1, -0.05) is 30.3 Å². The van der Waals surface area contributed by atoms with Crippen LogP contribution in [0.5, 0.6) is 0 Å². The maximum Gasteiger partial charge on any atom is 0.225 e. The number of carbonyl (C=O) groups is 1. The summed E-state index contributed by atoms with van der Waals surface area (Å²) in [6.45, 7) is 5.56. The molecular formula is C18H22N4O2S. The topological polar surface area (TPSA) is 58.6 Å². The Balaban J connectivity index is 1.49. The number of likely N-dealkylation sites (tertiary alicyclic amines) is 1. The van der Waals surface area contributed by atoms with Gasteiger partial charge in [-0.3, -0.25) is 9.69 Å². The highest BCUT2D eigenvalue weighted by atomic mass is 32.1. The third-order valence-corrected chi connectivity index (χ3v) is 5.63. The van der Waals surface area contributed by atoms with Crippen LogP contribution in [0.4, 0.5) is 0 Å². The lowest BCUT2D eigenvalue weighted by molar-refractivity contribution is -0.133. The van der Waals surface area contributed by atoms with Gasteiger partial charge in [0.1, 0.15) is 10.0 Å². The molecule has 7 heteroatoms. The fraction of sp³-hybridized carbons (Fsp3) is 0.500. The smallest absolute Gasteiger partial charge is 0.225 e. The minimum atomic E-state index is 0.0733. The summed E-state index contributed by atoms with van der Waals surface area (Å²) in [7, 11) is 0. The van der Waals surface area contributed by atoms with Crippen molar-refractivity contribution in [2.75, 3.05) is 19.7 Å². The van der Waals surface area contributed by atoms with E-state index in [0.717, 1.165) is 35.2 Å². The molecule has 2 atom stereocenters. The van der Waals surface area contributed by atoms with E-state index >= 15 is 0 Å². The first kappa shape index (κ1) is 16.6. The fourth-order valence-corrected chi connectivity index (χ4v) is 4.38. The third kappa shape index (κ3) is 3.73. The number of aryl methyl sites for hydroxylation is 1. The molecule has 1 aromatic heterocycles. The van der Waals surface area contributed by atoms with E-state index in [1.807, 2.05) is 30.0 Å². The van der Waals surface area contributed by atoms with E-state index in [0.29, 0.717) is 19.6 Å². The summed E-state index contributed by atoms with van der Waals surface area (Å²) in [4.78, 5) is 17.0. The number of benzene rings is 1. The number of ether oxygens (including phenoxy) is 1. The Bertz CT molecular complexity index is 736. The standard InChI is InChI=1S/C18H22N4O2S/c1-13-19-20-17(25-13)12-21-10-15-16(11-21)24-8-7-18(23)22(15)9-14-5-3-2-4-6-14/h2-6,15-16H,7-12H2,1H3/t15-,16-/m0/s1. The van der Waals surface area contributed by atoms with E-state index in [4.69, 9.17) is 4.74 Å². The second kappa shape index (κ2) is 7.19. The Labute approximate surface area is 151 Å². The molecule has 4 rings (SSSR count). The quantitative estimate of drug-likeness (QED) is 0.835. The zero-order valence-corrected chi connectivity index (χ0v) is 15.1. The summed E-state index contributed by atoms with van der Waals surface area (Å²) < 4.78 is 6.00. The van der Waals surface area contributed by atoms with Crippen LogP contribution in [0.1, 0.15) is 22.0 Å². The maximum absolute atomic E-state index is 12.6. The molecule has 132 valence electrons. The Kier molecular flexibility index (Phi) is 4.78. The SMILES string of the molecule is Cc1nnc(CN2C[C@@H]3OCCC(=O)N(Cc4ccccc4)[C@H]3C2)s1. The lowest BCUT2D eigenvalue weighted by atomic mass is 10.1. The van der Waals surface area contributed by atoms with Crippen LogP contribution >= 0.6 is 11.3 Å². The molecule has 25 heavy (non-hydrogen) atoms. The number of rotatable bonds is 4. The van der Waals surface area contributed by atoms with Crippen LogP contribution in [0.3, 0.4) is 0 Å². The number of nitrogens with zero attached hydrogens (tertiary/aromatic N) is 4. The van der Waals surface area contributed by atoms with E-state index in [9.17, 15) is 4.79 Å². The van der Waals surface area contributed by atoms with Gasteiger partial charge >= 0.3 is 0 Å². The van der Waals surface area contributed by atoms with Gasteiger partial charge in [-0.2, -0.15) is 0 Å². The average molecular weight is 358 g/mol. The predicted molar refractivity (Wildman–Crippen MR) is 95.1 cm³/mol. The zero-order valence-electron chi connectivity index (χ0n) is 14.3. The molecule has 1 aromatic carbocycles. The van der Waals surface area contributed by atoms with E-state index in [1.54, 1.807) is 11.3 Å². The Morgan fingerprint density at radius 1 is 1.20 bits per heavy atom. The highest BCUT2D eigenvalue weighted by Gasteiger charge is 2.41. The van der Waals surface area contributed by atoms with Crippen molar-refractivity contribution >= 4 is 17.2 Å². The Hall–Kier alpha value is -1.83. The predicted octanol–water partition coefficient (Wildman–Crippen LogP) is 1.85. The zero-order chi connectivity index (χ0) is 17.2. The Morgan fingerprint density at radius 2 is 2.04 bits per heavy atom. The number of fused-ring (bicyclic) bond motifs is 1. The molecule has 0 radical (unpaired) electrons. The number of carbonyl (C=O) groups excluding carboxylic acids is 1. The number of aromatic nitrogens is 2. The lowest BCUT2D eigenvalue weighted by Gasteiger charge is -2.29. The minimum Gasteiger partial charge on any atom is -0.374 e. The summed E-state index contributed by atoms with van der Waals surface area (Å²) in [5.41, 5.74) is 1.16. The number of hydrogen-bond acceptors (Lipinski definition) is 6. The molecular weight excluding hydrogens is 336 g/mol. The first-order chi connectivity index (χ1) is 12.2. The lowest BCUT2D eigenvalue weighted by Crippen LogP contribution is -2.45. The third-order valence-electron chi connectivity index (χ3n) is 4.80. The molecule has 2 aliphatic rings. The van der Waals surface area contributed by atoms with Crippen LogP contribution in [-0.2, 0) is 22.6 Å². The highest BCUT2D eigenvalue weighted by Crippen LogP contribution is 2.26. The van der Waals surface area contributed by atoms with Crippen LogP contribution in [-0.4, -0.2) is 57.7 Å². The van der Waals surface area contributed by atoms with Crippen LogP contribution < -0.4 is 0 Å². The summed E-state index contributed by atoms with van der Waals surface area (Å²) >= 11 is 1.63. The van der Waals surface area contributed by atoms with Crippen molar-refractivity contribution in [1.82, 2.24) is 20.0 Å². The van der Waals surface area contributed by atoms with Crippen LogP contribution in [0.25, 0.3) is 0 Å². The van der Waals surface area contributed by atoms with Gasteiger partial charge in [0.15, 0.2) is 0 Å². The Morgan fingerprint density at radius 3 is 2.80 bits per heavy atom. The van der Waals surface area contributed by atoms with Crippen molar-refractivity contribution in [2.24, 2.45) is 0 Å². The molecule has 0 bridgehead atoms.